The summed E-state index contributed by atoms with van der Waals surface area (Å²) < 4.78 is 5.16. The molecule has 0 aliphatic rings. The van der Waals surface area contributed by atoms with E-state index < -0.39 is 5.97 Å². The normalized spacial score (nSPS) is 8.08. The highest BCUT2D eigenvalue weighted by Crippen LogP contribution is 2.17. The molecule has 0 bridgehead atoms. The van der Waals surface area contributed by atoms with E-state index in [1.54, 1.807) is 11.3 Å². The molecule has 0 atom stereocenters. The zero-order valence-corrected chi connectivity index (χ0v) is 8.21. The first kappa shape index (κ1) is 11.7. The number of rotatable bonds is 3. The molecule has 0 unspecified atom stereocenters. The van der Waals surface area contributed by atoms with Crippen LogP contribution in [0.15, 0.2) is 30.2 Å². The molecule has 0 spiro atoms. The Kier molecular flexibility index (Phi) is 6.63. The number of hydrogen-bond donors (Lipinski definition) is 1. The van der Waals surface area contributed by atoms with Crippen molar-refractivity contribution in [3.63, 3.8) is 0 Å². The van der Waals surface area contributed by atoms with E-state index in [1.807, 2.05) is 24.4 Å². The molecule has 1 rings (SSSR count). The van der Waals surface area contributed by atoms with Gasteiger partial charge in [0.2, 0.25) is 0 Å². The summed E-state index contributed by atoms with van der Waals surface area (Å²) >= 11 is 1.63. The van der Waals surface area contributed by atoms with Crippen molar-refractivity contribution in [1.82, 2.24) is 0 Å². The van der Waals surface area contributed by atoms with Gasteiger partial charge in [-0.2, -0.15) is 0 Å². The van der Waals surface area contributed by atoms with E-state index in [4.69, 9.17) is 9.84 Å². The highest BCUT2D eigenvalue weighted by Gasteiger charge is 1.86. The lowest BCUT2D eigenvalue weighted by molar-refractivity contribution is -0.131. The predicted octanol–water partition coefficient (Wildman–Crippen LogP) is 2.40. The molecule has 0 fully saturated rings. The van der Waals surface area contributed by atoms with Crippen molar-refractivity contribution in [2.75, 3.05) is 6.61 Å². The molecular formula is C9H12O3S. The molecule has 0 aromatic carbocycles. The molecule has 72 valence electrons. The van der Waals surface area contributed by atoms with Crippen LogP contribution in [0, 0.1) is 0 Å². The number of carboxylic acids is 1. The second-order valence-corrected chi connectivity index (χ2v) is 2.82. The van der Waals surface area contributed by atoms with Gasteiger partial charge in [-0.1, -0.05) is 6.58 Å². The Bertz CT molecular complexity index is 241. The summed E-state index contributed by atoms with van der Waals surface area (Å²) in [6.45, 7) is 5.71. The van der Waals surface area contributed by atoms with Crippen molar-refractivity contribution in [2.45, 2.75) is 6.92 Å². The van der Waals surface area contributed by atoms with Crippen LogP contribution in [-0.2, 0) is 4.79 Å². The minimum absolute atomic E-state index is 0.764. The summed E-state index contributed by atoms with van der Waals surface area (Å²) in [6.07, 6.45) is 0.833. The van der Waals surface area contributed by atoms with E-state index in [0.717, 1.165) is 17.7 Å². The van der Waals surface area contributed by atoms with Crippen LogP contribution in [0.4, 0.5) is 0 Å². The topological polar surface area (TPSA) is 46.5 Å². The fourth-order valence-electron chi connectivity index (χ4n) is 0.488. The van der Waals surface area contributed by atoms with Crippen molar-refractivity contribution < 1.29 is 14.6 Å². The largest absolute Gasteiger partial charge is 0.484 e. The zero-order valence-electron chi connectivity index (χ0n) is 7.40. The lowest BCUT2D eigenvalue weighted by Crippen LogP contribution is -1.86. The molecule has 0 aliphatic carbocycles. The molecule has 1 aromatic rings. The van der Waals surface area contributed by atoms with Gasteiger partial charge in [-0.15, -0.1) is 11.3 Å². The second kappa shape index (κ2) is 7.36. The first-order valence-corrected chi connectivity index (χ1v) is 4.60. The minimum atomic E-state index is -0.981. The highest BCUT2D eigenvalue weighted by atomic mass is 32.1. The lowest BCUT2D eigenvalue weighted by Gasteiger charge is -1.93. The van der Waals surface area contributed by atoms with E-state index in [9.17, 15) is 4.79 Å². The summed E-state index contributed by atoms with van der Waals surface area (Å²) in [5, 5.41) is 10.6. The maximum Gasteiger partial charge on any atom is 0.327 e. The molecule has 0 saturated heterocycles. The number of ether oxygens (including phenoxy) is 1. The zero-order chi connectivity index (χ0) is 10.1. The molecular weight excluding hydrogens is 188 g/mol. The van der Waals surface area contributed by atoms with Crippen molar-refractivity contribution in [2.24, 2.45) is 0 Å². The molecule has 0 saturated carbocycles. The van der Waals surface area contributed by atoms with Gasteiger partial charge in [-0.25, -0.2) is 4.79 Å². The number of hydrogen-bond acceptors (Lipinski definition) is 3. The highest BCUT2D eigenvalue weighted by molar-refractivity contribution is 7.11. The van der Waals surface area contributed by atoms with Gasteiger partial charge in [0, 0.05) is 6.08 Å². The van der Waals surface area contributed by atoms with E-state index in [2.05, 4.69) is 6.58 Å². The first-order chi connectivity index (χ1) is 6.20. The number of carboxylic acid groups (broad SMARTS) is 1. The number of thiophene rings is 1. The van der Waals surface area contributed by atoms with Crippen LogP contribution in [0.5, 0.6) is 5.06 Å². The van der Waals surface area contributed by atoms with Crippen LogP contribution in [0.1, 0.15) is 6.92 Å². The first-order valence-electron chi connectivity index (χ1n) is 3.72. The smallest absolute Gasteiger partial charge is 0.327 e. The van der Waals surface area contributed by atoms with Gasteiger partial charge in [-0.3, -0.25) is 0 Å². The summed E-state index contributed by atoms with van der Waals surface area (Å²) in [5.41, 5.74) is 0. The number of aliphatic carboxylic acids is 1. The summed E-state index contributed by atoms with van der Waals surface area (Å²) in [7, 11) is 0. The molecule has 0 radical (unpaired) electrons. The Morgan fingerprint density at radius 2 is 2.46 bits per heavy atom. The molecule has 1 heterocycles. The van der Waals surface area contributed by atoms with Crippen molar-refractivity contribution >= 4 is 17.3 Å². The van der Waals surface area contributed by atoms with Crippen LogP contribution in [0.25, 0.3) is 0 Å². The standard InChI is InChI=1S/C6H8OS.C3H4O2/c1-2-7-6-4-3-5-8-6;1-2-3(4)5/h3-5H,2H2,1H3;2H,1H2,(H,4,5). The lowest BCUT2D eigenvalue weighted by atomic mass is 10.6. The van der Waals surface area contributed by atoms with Crippen molar-refractivity contribution in [1.29, 1.82) is 0 Å². The Morgan fingerprint density at radius 3 is 2.77 bits per heavy atom. The van der Waals surface area contributed by atoms with E-state index in [1.165, 1.54) is 0 Å². The van der Waals surface area contributed by atoms with E-state index in [-0.39, 0.29) is 0 Å². The Hall–Kier alpha value is -1.29. The van der Waals surface area contributed by atoms with E-state index >= 15 is 0 Å². The van der Waals surface area contributed by atoms with Gasteiger partial charge in [0.1, 0.15) is 0 Å². The van der Waals surface area contributed by atoms with Crippen molar-refractivity contribution in [3.05, 3.63) is 30.2 Å². The summed E-state index contributed by atoms with van der Waals surface area (Å²) in [5.74, 6) is -0.981. The Morgan fingerprint density at radius 1 is 1.85 bits per heavy atom. The molecule has 1 aromatic heterocycles. The number of carbonyl (C=O) groups is 1. The molecule has 13 heavy (non-hydrogen) atoms. The average Bonchev–Trinajstić information content (AvgIpc) is 2.59. The van der Waals surface area contributed by atoms with Crippen LogP contribution in [0.3, 0.4) is 0 Å². The van der Waals surface area contributed by atoms with E-state index in [0.29, 0.717) is 0 Å². The predicted molar refractivity (Wildman–Crippen MR) is 53.3 cm³/mol. The minimum Gasteiger partial charge on any atom is -0.484 e. The fourth-order valence-corrected chi connectivity index (χ4v) is 1.12. The third kappa shape index (κ3) is 7.08. The monoisotopic (exact) mass is 200 g/mol. The van der Waals surface area contributed by atoms with Crippen molar-refractivity contribution in [3.8, 4) is 5.06 Å². The molecule has 0 amide bonds. The molecule has 3 nitrogen and oxygen atoms in total. The van der Waals surface area contributed by atoms with Gasteiger partial charge in [0.25, 0.3) is 0 Å². The van der Waals surface area contributed by atoms with Crippen LogP contribution < -0.4 is 4.74 Å². The summed E-state index contributed by atoms with van der Waals surface area (Å²) in [6, 6.07) is 3.95. The second-order valence-electron chi connectivity index (χ2n) is 1.91. The van der Waals surface area contributed by atoms with Gasteiger partial charge in [0.15, 0.2) is 5.06 Å². The third-order valence-corrected chi connectivity index (χ3v) is 1.74. The maximum absolute atomic E-state index is 9.25. The molecule has 4 heteroatoms. The van der Waals surface area contributed by atoms with Crippen LogP contribution in [0.2, 0.25) is 0 Å². The van der Waals surface area contributed by atoms with Crippen LogP contribution in [-0.4, -0.2) is 17.7 Å². The Labute approximate surface area is 81.3 Å². The third-order valence-electron chi connectivity index (χ3n) is 0.956. The molecule has 1 N–H and O–H groups in total. The van der Waals surface area contributed by atoms with Gasteiger partial charge < -0.3 is 9.84 Å². The van der Waals surface area contributed by atoms with Gasteiger partial charge in [-0.05, 0) is 24.4 Å². The average molecular weight is 200 g/mol. The Balaban J connectivity index is 0.000000252. The van der Waals surface area contributed by atoms with Gasteiger partial charge in [0.05, 0.1) is 6.61 Å². The quantitative estimate of drug-likeness (QED) is 0.762. The molecule has 0 aliphatic heterocycles. The van der Waals surface area contributed by atoms with Gasteiger partial charge >= 0.3 is 5.97 Å². The summed E-state index contributed by atoms with van der Waals surface area (Å²) in [4.78, 5) is 9.25. The maximum atomic E-state index is 9.25. The van der Waals surface area contributed by atoms with Crippen LogP contribution >= 0.6 is 11.3 Å². The fraction of sp³-hybridized carbons (Fsp3) is 0.222. The SMILES string of the molecule is C=CC(=O)O.CCOc1cccs1.